The van der Waals surface area contributed by atoms with Crippen molar-refractivity contribution in [2.75, 3.05) is 11.5 Å². The van der Waals surface area contributed by atoms with Crippen molar-refractivity contribution < 1.29 is 39.0 Å². The summed E-state index contributed by atoms with van der Waals surface area (Å²) in [4.78, 5) is 76.5. The summed E-state index contributed by atoms with van der Waals surface area (Å²) in [5, 5.41) is 18.9. The van der Waals surface area contributed by atoms with E-state index in [1.165, 1.54) is 24.3 Å². The fraction of sp³-hybridized carbons (Fsp3) is 0.200. The molecule has 10 nitrogen and oxygen atoms in total. The molecule has 2 aromatic rings. The standard InChI is InChI=1S/C20H14N2O8S2/c23-15-7-1-2-8-14-10(18(26)22(16(8)24)12(6-32)20(29)30)4-3-9(13(7)14)17(25)21(15)11(5-31)19(27)28/h1-4,11-12,31-32H,5-6H2,(H,27,28)(H,29,30)/t11-,12-/m0/s1. The quantitative estimate of drug-likeness (QED) is 0.355. The van der Waals surface area contributed by atoms with Gasteiger partial charge >= 0.3 is 11.9 Å². The maximum Gasteiger partial charge on any atom is 0.327 e. The van der Waals surface area contributed by atoms with E-state index in [0.29, 0.717) is 9.80 Å². The van der Waals surface area contributed by atoms with Crippen LogP contribution in [0.5, 0.6) is 0 Å². The second kappa shape index (κ2) is 7.64. The highest BCUT2D eigenvalue weighted by molar-refractivity contribution is 7.80. The zero-order valence-corrected chi connectivity index (χ0v) is 17.8. The van der Waals surface area contributed by atoms with E-state index < -0.39 is 47.7 Å². The molecule has 0 spiro atoms. The number of imide groups is 2. The van der Waals surface area contributed by atoms with Crippen LogP contribution < -0.4 is 0 Å². The molecule has 0 aliphatic carbocycles. The fourth-order valence-corrected chi connectivity index (χ4v) is 4.66. The van der Waals surface area contributed by atoms with Crippen LogP contribution in [0.1, 0.15) is 41.4 Å². The number of nitrogens with zero attached hydrogens (tertiary/aromatic N) is 2. The lowest BCUT2D eigenvalue weighted by atomic mass is 9.85. The van der Waals surface area contributed by atoms with E-state index in [2.05, 4.69) is 25.3 Å². The minimum Gasteiger partial charge on any atom is -0.480 e. The van der Waals surface area contributed by atoms with Crippen molar-refractivity contribution in [3.8, 4) is 0 Å². The predicted octanol–water partition coefficient (Wildman–Crippen LogP) is 0.798. The number of benzene rings is 2. The monoisotopic (exact) mass is 474 g/mol. The number of carbonyl (C=O) groups excluding carboxylic acids is 4. The largest absolute Gasteiger partial charge is 0.480 e. The van der Waals surface area contributed by atoms with Crippen molar-refractivity contribution >= 4 is 71.6 Å². The SMILES string of the molecule is O=C(O)[C@H](CS)N1C(=O)c2ccc3c4c(ccc(c24)C1=O)C(=O)N([C@@H](CS)C(=O)O)C3=O. The summed E-state index contributed by atoms with van der Waals surface area (Å²) in [7, 11) is 0. The van der Waals surface area contributed by atoms with Crippen LogP contribution in [0.2, 0.25) is 0 Å². The van der Waals surface area contributed by atoms with E-state index in [9.17, 15) is 39.0 Å². The van der Waals surface area contributed by atoms with Gasteiger partial charge in [0.2, 0.25) is 0 Å². The van der Waals surface area contributed by atoms with E-state index >= 15 is 0 Å². The molecule has 2 aliphatic rings. The molecule has 0 unspecified atom stereocenters. The normalized spacial score (nSPS) is 17.1. The summed E-state index contributed by atoms with van der Waals surface area (Å²) in [6.07, 6.45) is 0. The Morgan fingerprint density at radius 3 is 1.09 bits per heavy atom. The van der Waals surface area contributed by atoms with Crippen molar-refractivity contribution in [2.45, 2.75) is 12.1 Å². The van der Waals surface area contributed by atoms with Gasteiger partial charge in [0.25, 0.3) is 23.6 Å². The van der Waals surface area contributed by atoms with Gasteiger partial charge < -0.3 is 10.2 Å². The molecule has 2 aromatic carbocycles. The van der Waals surface area contributed by atoms with Crippen LogP contribution in [-0.4, -0.2) is 79.2 Å². The number of thiol groups is 2. The summed E-state index contributed by atoms with van der Waals surface area (Å²) >= 11 is 7.87. The smallest absolute Gasteiger partial charge is 0.327 e. The highest BCUT2D eigenvalue weighted by Crippen LogP contribution is 2.38. The van der Waals surface area contributed by atoms with E-state index in [1.807, 2.05) is 0 Å². The Balaban J connectivity index is 1.97. The molecule has 0 aromatic heterocycles. The lowest BCUT2D eigenvalue weighted by Crippen LogP contribution is -2.53. The average molecular weight is 474 g/mol. The van der Waals surface area contributed by atoms with Crippen LogP contribution in [0.25, 0.3) is 10.8 Å². The number of carbonyl (C=O) groups is 6. The number of hydrogen-bond acceptors (Lipinski definition) is 8. The number of hydrogen-bond donors (Lipinski definition) is 4. The Bertz CT molecular complexity index is 1110. The van der Waals surface area contributed by atoms with Gasteiger partial charge in [-0.2, -0.15) is 25.3 Å². The van der Waals surface area contributed by atoms with Crippen molar-refractivity contribution in [1.82, 2.24) is 9.80 Å². The summed E-state index contributed by atoms with van der Waals surface area (Å²) in [6, 6.07) is 2.00. The second-order valence-corrected chi connectivity index (χ2v) is 7.84. The lowest BCUT2D eigenvalue weighted by Gasteiger charge is -2.34. The molecule has 0 fully saturated rings. The maximum absolute atomic E-state index is 13.1. The van der Waals surface area contributed by atoms with E-state index in [-0.39, 0.29) is 44.5 Å². The Morgan fingerprint density at radius 1 is 0.656 bits per heavy atom. The van der Waals surface area contributed by atoms with Gasteiger partial charge in [-0.15, -0.1) is 0 Å². The molecule has 0 saturated carbocycles. The molecule has 164 valence electrons. The van der Waals surface area contributed by atoms with E-state index in [1.54, 1.807) is 0 Å². The van der Waals surface area contributed by atoms with Crippen molar-refractivity contribution in [1.29, 1.82) is 0 Å². The molecular formula is C20H14N2O8S2. The number of rotatable bonds is 6. The third-order valence-corrected chi connectivity index (χ3v) is 6.19. The van der Waals surface area contributed by atoms with Gasteiger partial charge in [-0.3, -0.25) is 29.0 Å². The molecule has 2 aliphatic heterocycles. The van der Waals surface area contributed by atoms with Gasteiger partial charge in [-0.05, 0) is 24.3 Å². The zero-order valence-electron chi connectivity index (χ0n) is 16.0. The molecular weight excluding hydrogens is 460 g/mol. The molecule has 12 heteroatoms. The Labute approximate surface area is 190 Å². The number of carboxylic acid groups (broad SMARTS) is 2. The van der Waals surface area contributed by atoms with Gasteiger partial charge in [0.1, 0.15) is 12.1 Å². The Kier molecular flexibility index (Phi) is 5.21. The second-order valence-electron chi connectivity index (χ2n) is 7.11. The van der Waals surface area contributed by atoms with E-state index in [4.69, 9.17) is 0 Å². The summed E-state index contributed by atoms with van der Waals surface area (Å²) < 4.78 is 0. The first-order valence-corrected chi connectivity index (χ1v) is 10.4. The summed E-state index contributed by atoms with van der Waals surface area (Å²) in [5.74, 6) is -7.03. The average Bonchev–Trinajstić information content (AvgIpc) is 2.75. The third kappa shape index (κ3) is 2.83. The first-order chi connectivity index (χ1) is 15.1. The number of aliphatic carboxylic acids is 2. The highest BCUT2D eigenvalue weighted by Gasteiger charge is 2.45. The van der Waals surface area contributed by atoms with Gasteiger partial charge in [-0.25, -0.2) is 9.59 Å². The van der Waals surface area contributed by atoms with Crippen molar-refractivity contribution in [3.05, 3.63) is 46.5 Å². The minimum atomic E-state index is -1.51. The van der Waals surface area contributed by atoms with Crippen LogP contribution >= 0.6 is 25.3 Å². The third-order valence-electron chi connectivity index (χ3n) is 5.50. The van der Waals surface area contributed by atoms with Gasteiger partial charge in [0.05, 0.1) is 0 Å². The first kappa shape index (κ1) is 21.8. The van der Waals surface area contributed by atoms with Crippen LogP contribution in [-0.2, 0) is 9.59 Å². The molecule has 0 radical (unpaired) electrons. The number of amides is 4. The van der Waals surface area contributed by atoms with E-state index in [0.717, 1.165) is 0 Å². The van der Waals surface area contributed by atoms with Gasteiger partial charge in [0.15, 0.2) is 0 Å². The van der Waals surface area contributed by atoms with Crippen LogP contribution in [0.4, 0.5) is 0 Å². The molecule has 32 heavy (non-hydrogen) atoms. The van der Waals surface area contributed by atoms with Crippen LogP contribution in [0.15, 0.2) is 24.3 Å². The Hall–Kier alpha value is -3.38. The molecule has 0 bridgehead atoms. The molecule has 2 atom stereocenters. The molecule has 2 N–H and O–H groups in total. The van der Waals surface area contributed by atoms with Crippen LogP contribution in [0, 0.1) is 0 Å². The van der Waals surface area contributed by atoms with Gasteiger partial charge in [-0.1, -0.05) is 0 Å². The molecule has 2 heterocycles. The summed E-state index contributed by atoms with van der Waals surface area (Å²) in [6.45, 7) is 0. The molecule has 4 rings (SSSR count). The van der Waals surface area contributed by atoms with Gasteiger partial charge in [0, 0.05) is 44.5 Å². The topological polar surface area (TPSA) is 149 Å². The number of carboxylic acids is 2. The minimum absolute atomic E-state index is 0.0497. The highest BCUT2D eigenvalue weighted by atomic mass is 32.1. The van der Waals surface area contributed by atoms with Crippen molar-refractivity contribution in [3.63, 3.8) is 0 Å². The van der Waals surface area contributed by atoms with Crippen LogP contribution in [0.3, 0.4) is 0 Å². The summed E-state index contributed by atoms with van der Waals surface area (Å²) in [5.41, 5.74) is -0.199. The maximum atomic E-state index is 13.1. The molecule has 4 amide bonds. The lowest BCUT2D eigenvalue weighted by molar-refractivity contribution is -0.141. The Morgan fingerprint density at radius 2 is 0.906 bits per heavy atom. The molecule has 0 saturated heterocycles. The predicted molar refractivity (Wildman–Crippen MR) is 116 cm³/mol. The fourth-order valence-electron chi connectivity index (χ4n) is 4.02. The first-order valence-electron chi connectivity index (χ1n) is 9.18. The van der Waals surface area contributed by atoms with Crippen molar-refractivity contribution in [2.24, 2.45) is 0 Å². The zero-order chi connectivity index (χ0) is 23.5.